The van der Waals surface area contributed by atoms with Crippen molar-refractivity contribution in [3.05, 3.63) is 62.1 Å². The van der Waals surface area contributed by atoms with Gasteiger partial charge in [-0.3, -0.25) is 19.7 Å². The van der Waals surface area contributed by atoms with Crippen molar-refractivity contribution < 1.29 is 24.1 Å². The van der Waals surface area contributed by atoms with Crippen molar-refractivity contribution in [3.63, 3.8) is 0 Å². The third-order valence-electron chi connectivity index (χ3n) is 4.89. The molecule has 0 aliphatic carbocycles. The molecular weight excluding hydrogens is 446 g/mol. The number of oxime groups is 1. The van der Waals surface area contributed by atoms with E-state index >= 15 is 0 Å². The van der Waals surface area contributed by atoms with Crippen LogP contribution in [0.1, 0.15) is 11.1 Å². The number of carbonyl (C=O) groups is 2. The Bertz CT molecular complexity index is 1080. The Morgan fingerprint density at radius 3 is 2.52 bits per heavy atom. The first-order chi connectivity index (χ1) is 13.8. The zero-order chi connectivity index (χ0) is 20.9. The lowest BCUT2D eigenvalue weighted by atomic mass is 9.94. The van der Waals surface area contributed by atoms with Gasteiger partial charge >= 0.3 is 5.69 Å². The number of hydrogen-bond acceptors (Lipinski definition) is 7. The Hall–Kier alpha value is -3.27. The number of fused-ring (bicyclic) bond motifs is 1. The standard InChI is InChI=1S/C19H14BrN3O6/c1-9-7-13(23(26)27)14(28-2)8-12(9)22-18(24)15-16(21-29-17(15)19(22)25)10-3-5-11(20)6-4-10/h3-8,15,17H,1-2H3/t15-,17-/m1/s1. The Morgan fingerprint density at radius 2 is 1.90 bits per heavy atom. The van der Waals surface area contributed by atoms with E-state index in [9.17, 15) is 19.7 Å². The minimum Gasteiger partial charge on any atom is -0.490 e. The van der Waals surface area contributed by atoms with E-state index in [1.807, 2.05) is 0 Å². The van der Waals surface area contributed by atoms with Crippen molar-refractivity contribution in [3.8, 4) is 5.75 Å². The molecule has 1 saturated heterocycles. The zero-order valence-electron chi connectivity index (χ0n) is 15.3. The van der Waals surface area contributed by atoms with Gasteiger partial charge in [0, 0.05) is 22.2 Å². The molecule has 2 atom stereocenters. The molecule has 0 bridgehead atoms. The fourth-order valence-corrected chi connectivity index (χ4v) is 3.75. The van der Waals surface area contributed by atoms with Gasteiger partial charge < -0.3 is 9.57 Å². The molecule has 2 aliphatic heterocycles. The Kier molecular flexibility index (Phi) is 4.58. The summed E-state index contributed by atoms with van der Waals surface area (Å²) in [6.45, 7) is 1.58. The molecule has 2 amide bonds. The first kappa shape index (κ1) is 19.1. The summed E-state index contributed by atoms with van der Waals surface area (Å²) in [4.78, 5) is 43.0. The van der Waals surface area contributed by atoms with Gasteiger partial charge in [0.05, 0.1) is 17.7 Å². The lowest BCUT2D eigenvalue weighted by Gasteiger charge is -2.18. The van der Waals surface area contributed by atoms with Crippen LogP contribution in [-0.2, 0) is 14.4 Å². The molecule has 10 heteroatoms. The van der Waals surface area contributed by atoms with Crippen LogP contribution < -0.4 is 9.64 Å². The van der Waals surface area contributed by atoms with Gasteiger partial charge in [-0.25, -0.2) is 4.90 Å². The van der Waals surface area contributed by atoms with Crippen LogP contribution in [-0.4, -0.2) is 35.7 Å². The maximum atomic E-state index is 13.2. The van der Waals surface area contributed by atoms with Crippen LogP contribution >= 0.6 is 15.9 Å². The third-order valence-corrected chi connectivity index (χ3v) is 5.42. The Morgan fingerprint density at radius 1 is 1.21 bits per heavy atom. The number of methoxy groups -OCH3 is 1. The van der Waals surface area contributed by atoms with Crippen LogP contribution in [0.3, 0.4) is 0 Å². The largest absolute Gasteiger partial charge is 0.490 e. The number of aryl methyl sites for hydroxylation is 1. The van der Waals surface area contributed by atoms with E-state index in [-0.39, 0.29) is 17.1 Å². The maximum absolute atomic E-state index is 13.2. The first-order valence-electron chi connectivity index (χ1n) is 8.54. The summed E-state index contributed by atoms with van der Waals surface area (Å²) >= 11 is 3.35. The van der Waals surface area contributed by atoms with Crippen molar-refractivity contribution in [1.29, 1.82) is 0 Å². The summed E-state index contributed by atoms with van der Waals surface area (Å²) in [5.74, 6) is -2.01. The number of amides is 2. The van der Waals surface area contributed by atoms with Crippen LogP contribution in [0, 0.1) is 23.0 Å². The molecule has 0 aromatic heterocycles. The van der Waals surface area contributed by atoms with E-state index in [1.54, 1.807) is 31.2 Å². The van der Waals surface area contributed by atoms with E-state index < -0.39 is 28.8 Å². The molecule has 9 nitrogen and oxygen atoms in total. The Labute approximate surface area is 173 Å². The van der Waals surface area contributed by atoms with Crippen molar-refractivity contribution in [2.24, 2.45) is 11.1 Å². The molecule has 0 radical (unpaired) electrons. The molecule has 2 aliphatic rings. The van der Waals surface area contributed by atoms with Gasteiger partial charge in [0.2, 0.25) is 12.0 Å². The SMILES string of the molecule is COc1cc(N2C(=O)[C@@H]3C(c4ccc(Br)cc4)=NO[C@H]3C2=O)c(C)cc1[N+](=O)[O-]. The molecule has 4 rings (SSSR count). The average molecular weight is 460 g/mol. The minimum absolute atomic E-state index is 0.0454. The normalized spacial score (nSPS) is 20.4. The quantitative estimate of drug-likeness (QED) is 0.394. The van der Waals surface area contributed by atoms with Gasteiger partial charge in [0.25, 0.3) is 5.91 Å². The molecule has 2 heterocycles. The highest BCUT2D eigenvalue weighted by atomic mass is 79.9. The van der Waals surface area contributed by atoms with Gasteiger partial charge in [0.1, 0.15) is 11.6 Å². The smallest absolute Gasteiger partial charge is 0.311 e. The number of imide groups is 1. The summed E-state index contributed by atoms with van der Waals surface area (Å²) in [7, 11) is 1.28. The lowest BCUT2D eigenvalue weighted by Crippen LogP contribution is -2.33. The van der Waals surface area contributed by atoms with Gasteiger partial charge in [-0.2, -0.15) is 0 Å². The number of ether oxygens (including phenoxy) is 1. The second-order valence-corrected chi connectivity index (χ2v) is 7.48. The first-order valence-corrected chi connectivity index (χ1v) is 9.33. The number of carbonyl (C=O) groups excluding carboxylic acids is 2. The van der Waals surface area contributed by atoms with E-state index in [2.05, 4.69) is 21.1 Å². The fourth-order valence-electron chi connectivity index (χ4n) is 3.48. The highest BCUT2D eigenvalue weighted by Gasteiger charge is 2.56. The molecule has 0 N–H and O–H groups in total. The second kappa shape index (κ2) is 6.96. The Balaban J connectivity index is 1.74. The summed E-state index contributed by atoms with van der Waals surface area (Å²) in [5, 5.41) is 15.2. The van der Waals surface area contributed by atoms with E-state index in [1.165, 1.54) is 19.2 Å². The number of halogens is 1. The number of rotatable bonds is 4. The molecule has 0 unspecified atom stereocenters. The molecule has 1 fully saturated rings. The van der Waals surface area contributed by atoms with E-state index in [0.717, 1.165) is 9.37 Å². The minimum atomic E-state index is -1.07. The van der Waals surface area contributed by atoms with Crippen molar-refractivity contribution in [2.45, 2.75) is 13.0 Å². The number of nitro benzene ring substituents is 1. The average Bonchev–Trinajstić information content (AvgIpc) is 3.23. The molecular formula is C19H14BrN3O6. The molecule has 0 saturated carbocycles. The van der Waals surface area contributed by atoms with Crippen molar-refractivity contribution in [1.82, 2.24) is 0 Å². The predicted octanol–water partition coefficient (Wildman–Crippen LogP) is 2.97. The van der Waals surface area contributed by atoms with Crippen LogP contribution in [0.5, 0.6) is 5.75 Å². The van der Waals surface area contributed by atoms with Crippen LogP contribution in [0.15, 0.2) is 46.0 Å². The van der Waals surface area contributed by atoms with Crippen LogP contribution in [0.4, 0.5) is 11.4 Å². The topological polar surface area (TPSA) is 111 Å². The van der Waals surface area contributed by atoms with Crippen LogP contribution in [0.25, 0.3) is 0 Å². The van der Waals surface area contributed by atoms with Crippen LogP contribution in [0.2, 0.25) is 0 Å². The zero-order valence-corrected chi connectivity index (χ0v) is 16.9. The van der Waals surface area contributed by atoms with Gasteiger partial charge in [-0.05, 0) is 24.6 Å². The summed E-state index contributed by atoms with van der Waals surface area (Å²) in [6.07, 6.45) is -1.07. The number of anilines is 1. The summed E-state index contributed by atoms with van der Waals surface area (Å²) in [5.41, 5.74) is 1.40. The highest BCUT2D eigenvalue weighted by molar-refractivity contribution is 9.10. The molecule has 0 spiro atoms. The predicted molar refractivity (Wildman–Crippen MR) is 106 cm³/mol. The van der Waals surface area contributed by atoms with Crippen molar-refractivity contribution >= 4 is 44.8 Å². The van der Waals surface area contributed by atoms with Gasteiger partial charge in [-0.15, -0.1) is 0 Å². The van der Waals surface area contributed by atoms with Gasteiger partial charge in [-0.1, -0.05) is 33.2 Å². The number of hydrogen-bond donors (Lipinski definition) is 0. The van der Waals surface area contributed by atoms with Crippen molar-refractivity contribution in [2.75, 3.05) is 12.0 Å². The fraction of sp³-hybridized carbons (Fsp3) is 0.211. The maximum Gasteiger partial charge on any atom is 0.311 e. The lowest BCUT2D eigenvalue weighted by molar-refractivity contribution is -0.385. The second-order valence-electron chi connectivity index (χ2n) is 6.57. The molecule has 2 aromatic carbocycles. The van der Waals surface area contributed by atoms with E-state index in [0.29, 0.717) is 16.8 Å². The number of nitrogens with zero attached hydrogens (tertiary/aromatic N) is 3. The molecule has 29 heavy (non-hydrogen) atoms. The summed E-state index contributed by atoms with van der Waals surface area (Å²) in [6, 6.07) is 9.74. The van der Waals surface area contributed by atoms with Gasteiger partial charge in [0.15, 0.2) is 5.75 Å². The number of nitro groups is 1. The van der Waals surface area contributed by atoms with E-state index in [4.69, 9.17) is 9.57 Å². The highest BCUT2D eigenvalue weighted by Crippen LogP contribution is 2.40. The number of benzene rings is 2. The molecule has 148 valence electrons. The molecule has 2 aromatic rings. The third kappa shape index (κ3) is 2.96. The summed E-state index contributed by atoms with van der Waals surface area (Å²) < 4.78 is 5.94. The monoisotopic (exact) mass is 459 g/mol.